The van der Waals surface area contributed by atoms with Crippen molar-refractivity contribution in [3.05, 3.63) is 66.5 Å². The van der Waals surface area contributed by atoms with Crippen molar-refractivity contribution >= 4 is 22.5 Å². The topological polar surface area (TPSA) is 86.5 Å². The molecule has 1 amide bonds. The first-order chi connectivity index (χ1) is 11.3. The van der Waals surface area contributed by atoms with Gasteiger partial charge in [-0.05, 0) is 24.3 Å². The number of aromatic amines is 2. The van der Waals surface area contributed by atoms with Gasteiger partial charge in [0.1, 0.15) is 5.69 Å². The summed E-state index contributed by atoms with van der Waals surface area (Å²) in [5.41, 5.74) is 3.68. The predicted molar refractivity (Wildman–Crippen MR) is 88.1 cm³/mol. The highest BCUT2D eigenvalue weighted by atomic mass is 16.1. The third kappa shape index (κ3) is 2.57. The van der Waals surface area contributed by atoms with Gasteiger partial charge in [0, 0.05) is 16.6 Å². The minimum absolute atomic E-state index is 0.237. The summed E-state index contributed by atoms with van der Waals surface area (Å²) in [6, 6.07) is 17.0. The van der Waals surface area contributed by atoms with Gasteiger partial charge in [-0.1, -0.05) is 30.3 Å². The van der Waals surface area contributed by atoms with E-state index in [1.165, 1.54) is 0 Å². The van der Waals surface area contributed by atoms with Gasteiger partial charge in [-0.25, -0.2) is 0 Å². The Kier molecular flexibility index (Phi) is 3.12. The highest BCUT2D eigenvalue weighted by molar-refractivity contribution is 6.04. The van der Waals surface area contributed by atoms with Crippen LogP contribution in [0.5, 0.6) is 0 Å². The van der Waals surface area contributed by atoms with Crippen LogP contribution in [0.3, 0.4) is 0 Å². The Morgan fingerprint density at radius 2 is 1.87 bits per heavy atom. The van der Waals surface area contributed by atoms with Crippen LogP contribution in [0.4, 0.5) is 5.69 Å². The molecule has 0 aliphatic heterocycles. The highest BCUT2D eigenvalue weighted by Gasteiger charge is 2.11. The Hall–Kier alpha value is -3.41. The molecule has 3 N–H and O–H groups in total. The molecule has 2 aromatic heterocycles. The van der Waals surface area contributed by atoms with E-state index in [1.54, 1.807) is 12.3 Å². The zero-order chi connectivity index (χ0) is 15.6. The summed E-state index contributed by atoms with van der Waals surface area (Å²) >= 11 is 0. The number of hydrogen-bond acceptors (Lipinski definition) is 3. The Bertz CT molecular complexity index is 971. The van der Waals surface area contributed by atoms with E-state index in [4.69, 9.17) is 0 Å². The summed E-state index contributed by atoms with van der Waals surface area (Å²) in [4.78, 5) is 12.3. The quantitative estimate of drug-likeness (QED) is 0.543. The van der Waals surface area contributed by atoms with Crippen LogP contribution in [-0.4, -0.2) is 26.3 Å². The molecule has 0 radical (unpaired) electrons. The maximum atomic E-state index is 12.3. The van der Waals surface area contributed by atoms with Crippen molar-refractivity contribution in [3.8, 4) is 11.3 Å². The zero-order valence-electron chi connectivity index (χ0n) is 12.1. The minimum atomic E-state index is -0.237. The van der Waals surface area contributed by atoms with E-state index in [9.17, 15) is 4.79 Å². The molecule has 0 saturated carbocycles. The minimum Gasteiger partial charge on any atom is -0.321 e. The van der Waals surface area contributed by atoms with E-state index in [0.717, 1.165) is 22.2 Å². The second-order valence-electron chi connectivity index (χ2n) is 5.16. The number of nitrogens with one attached hydrogen (secondary N) is 3. The summed E-state index contributed by atoms with van der Waals surface area (Å²) in [6.07, 6.45) is 1.74. The molecule has 0 aliphatic carbocycles. The standard InChI is InChI=1S/C17H13N5O/c23-17(19-13-7-6-12-10-18-20-14(12)8-13)16-9-15(21-22-16)11-4-2-1-3-5-11/h1-10H,(H,18,20)(H,19,23)(H,21,22). The first kappa shape index (κ1) is 13.3. The number of rotatable bonds is 3. The van der Waals surface area contributed by atoms with Crippen LogP contribution in [0.1, 0.15) is 10.5 Å². The smallest absolute Gasteiger partial charge is 0.273 e. The van der Waals surface area contributed by atoms with Gasteiger partial charge in [-0.3, -0.25) is 15.0 Å². The van der Waals surface area contributed by atoms with E-state index < -0.39 is 0 Å². The van der Waals surface area contributed by atoms with Crippen molar-refractivity contribution in [1.29, 1.82) is 0 Å². The number of aromatic nitrogens is 4. The lowest BCUT2D eigenvalue weighted by atomic mass is 10.1. The number of amides is 1. The molecular weight excluding hydrogens is 290 g/mol. The molecule has 0 unspecified atom stereocenters. The largest absolute Gasteiger partial charge is 0.321 e. The van der Waals surface area contributed by atoms with Gasteiger partial charge in [-0.2, -0.15) is 10.2 Å². The van der Waals surface area contributed by atoms with Crippen LogP contribution in [0.25, 0.3) is 22.2 Å². The number of fused-ring (bicyclic) bond motifs is 1. The Morgan fingerprint density at radius 3 is 2.74 bits per heavy atom. The van der Waals surface area contributed by atoms with Crippen molar-refractivity contribution in [2.24, 2.45) is 0 Å². The lowest BCUT2D eigenvalue weighted by Crippen LogP contribution is -2.12. The van der Waals surface area contributed by atoms with Gasteiger partial charge in [0.2, 0.25) is 0 Å². The predicted octanol–water partition coefficient (Wildman–Crippen LogP) is 3.21. The lowest BCUT2D eigenvalue weighted by molar-refractivity contribution is 0.102. The molecule has 0 bridgehead atoms. The Morgan fingerprint density at radius 1 is 1.00 bits per heavy atom. The number of hydrogen-bond donors (Lipinski definition) is 3. The summed E-state index contributed by atoms with van der Waals surface area (Å²) in [5.74, 6) is -0.237. The number of benzene rings is 2. The number of carbonyl (C=O) groups is 1. The van der Waals surface area contributed by atoms with Crippen molar-refractivity contribution in [1.82, 2.24) is 20.4 Å². The second-order valence-corrected chi connectivity index (χ2v) is 5.16. The SMILES string of the molecule is O=C(Nc1ccc2cn[nH]c2c1)c1cc(-c2ccccc2)n[nH]1. The fourth-order valence-electron chi connectivity index (χ4n) is 2.41. The molecule has 0 spiro atoms. The average Bonchev–Trinajstić information content (AvgIpc) is 3.24. The number of nitrogens with zero attached hydrogens (tertiary/aromatic N) is 2. The van der Waals surface area contributed by atoms with Gasteiger partial charge in [-0.15, -0.1) is 0 Å². The van der Waals surface area contributed by atoms with E-state index in [-0.39, 0.29) is 5.91 Å². The van der Waals surface area contributed by atoms with E-state index in [0.29, 0.717) is 11.4 Å². The lowest BCUT2D eigenvalue weighted by Gasteiger charge is -2.03. The zero-order valence-corrected chi connectivity index (χ0v) is 12.1. The fourth-order valence-corrected chi connectivity index (χ4v) is 2.41. The van der Waals surface area contributed by atoms with Crippen molar-refractivity contribution < 1.29 is 4.79 Å². The van der Waals surface area contributed by atoms with Gasteiger partial charge < -0.3 is 5.32 Å². The third-order valence-electron chi connectivity index (χ3n) is 3.59. The molecule has 2 aromatic carbocycles. The molecule has 4 aromatic rings. The normalized spacial score (nSPS) is 10.8. The van der Waals surface area contributed by atoms with Gasteiger partial charge in [0.15, 0.2) is 0 Å². The van der Waals surface area contributed by atoms with Crippen molar-refractivity contribution in [2.75, 3.05) is 5.32 Å². The fraction of sp³-hybridized carbons (Fsp3) is 0. The molecule has 6 nitrogen and oxygen atoms in total. The van der Waals surface area contributed by atoms with Crippen molar-refractivity contribution in [3.63, 3.8) is 0 Å². The second kappa shape index (κ2) is 5.42. The van der Waals surface area contributed by atoms with Crippen LogP contribution in [0, 0.1) is 0 Å². The molecule has 0 aliphatic rings. The molecule has 2 heterocycles. The first-order valence-electron chi connectivity index (χ1n) is 7.15. The molecule has 0 fully saturated rings. The van der Waals surface area contributed by atoms with Gasteiger partial charge in [0.25, 0.3) is 5.91 Å². The van der Waals surface area contributed by atoms with E-state index in [2.05, 4.69) is 25.7 Å². The third-order valence-corrected chi connectivity index (χ3v) is 3.59. The summed E-state index contributed by atoms with van der Waals surface area (Å²) < 4.78 is 0. The highest BCUT2D eigenvalue weighted by Crippen LogP contribution is 2.19. The number of anilines is 1. The Balaban J connectivity index is 1.56. The maximum Gasteiger partial charge on any atom is 0.273 e. The van der Waals surface area contributed by atoms with Gasteiger partial charge >= 0.3 is 0 Å². The number of H-pyrrole nitrogens is 2. The Labute approximate surface area is 131 Å². The molecule has 4 rings (SSSR count). The van der Waals surface area contributed by atoms with E-state index in [1.807, 2.05) is 48.5 Å². The van der Waals surface area contributed by atoms with Crippen LogP contribution in [0.2, 0.25) is 0 Å². The maximum absolute atomic E-state index is 12.3. The molecule has 23 heavy (non-hydrogen) atoms. The molecular formula is C17H13N5O. The van der Waals surface area contributed by atoms with Crippen LogP contribution < -0.4 is 5.32 Å². The molecule has 0 saturated heterocycles. The molecule has 0 atom stereocenters. The van der Waals surface area contributed by atoms with Crippen LogP contribution in [0.15, 0.2) is 60.8 Å². The first-order valence-corrected chi connectivity index (χ1v) is 7.15. The average molecular weight is 303 g/mol. The summed E-state index contributed by atoms with van der Waals surface area (Å²) in [6.45, 7) is 0. The van der Waals surface area contributed by atoms with E-state index >= 15 is 0 Å². The summed E-state index contributed by atoms with van der Waals surface area (Å²) in [5, 5.41) is 17.6. The van der Waals surface area contributed by atoms with Crippen LogP contribution >= 0.6 is 0 Å². The molecule has 6 heteroatoms. The number of carbonyl (C=O) groups excluding carboxylic acids is 1. The van der Waals surface area contributed by atoms with Crippen LogP contribution in [-0.2, 0) is 0 Å². The monoisotopic (exact) mass is 303 g/mol. The van der Waals surface area contributed by atoms with Gasteiger partial charge in [0.05, 0.1) is 17.4 Å². The summed E-state index contributed by atoms with van der Waals surface area (Å²) in [7, 11) is 0. The van der Waals surface area contributed by atoms with Crippen molar-refractivity contribution in [2.45, 2.75) is 0 Å². The molecule has 112 valence electrons.